The molecule has 3 aliphatic rings. The van der Waals surface area contributed by atoms with Crippen LogP contribution in [0.4, 0.5) is 5.69 Å². The third kappa shape index (κ3) is 4.66. The molecule has 35 heavy (non-hydrogen) atoms. The second kappa shape index (κ2) is 8.80. The first kappa shape index (κ1) is 26.5. The molecule has 10 heteroatoms. The van der Waals surface area contributed by atoms with Crippen LogP contribution in [0.3, 0.4) is 0 Å². The summed E-state index contributed by atoms with van der Waals surface area (Å²) in [6.07, 6.45) is 3.62. The normalized spacial score (nSPS) is 21.6. The molecule has 0 spiro atoms. The number of hydrogen-bond donors (Lipinski definition) is 1. The van der Waals surface area contributed by atoms with E-state index >= 15 is 0 Å². The van der Waals surface area contributed by atoms with Gasteiger partial charge in [-0.2, -0.15) is 0 Å². The molecule has 0 radical (unpaired) electrons. The number of hydrogen-bond acceptors (Lipinski definition) is 7. The van der Waals surface area contributed by atoms with Crippen molar-refractivity contribution in [1.29, 1.82) is 0 Å². The molecule has 1 N–H and O–H groups in total. The van der Waals surface area contributed by atoms with Gasteiger partial charge in [-0.05, 0) is 58.8 Å². The Hall–Kier alpha value is -1.52. The minimum Gasteiger partial charge on any atom is -0.463 e. The molecule has 1 unspecified atom stereocenters. The van der Waals surface area contributed by atoms with E-state index in [1.807, 2.05) is 40.0 Å². The quantitative estimate of drug-likeness (QED) is 0.529. The highest BCUT2D eigenvalue weighted by molar-refractivity contribution is 6.74. The Morgan fingerprint density at radius 1 is 1.23 bits per heavy atom. The van der Waals surface area contributed by atoms with Gasteiger partial charge in [-0.1, -0.05) is 32.4 Å². The molecule has 0 bridgehead atoms. The van der Waals surface area contributed by atoms with Crippen molar-refractivity contribution < 1.29 is 18.5 Å². The predicted octanol–water partition coefficient (Wildman–Crippen LogP) is 5.34. The van der Waals surface area contributed by atoms with E-state index in [4.69, 9.17) is 35.1 Å². The van der Waals surface area contributed by atoms with Crippen LogP contribution in [0.1, 0.15) is 61.0 Å². The second-order valence-corrected chi connectivity index (χ2v) is 17.4. The maximum atomic E-state index is 6.97. The van der Waals surface area contributed by atoms with E-state index < -0.39 is 26.6 Å². The van der Waals surface area contributed by atoms with Crippen LogP contribution in [0, 0.1) is 0 Å². The lowest BCUT2D eigenvalue weighted by Gasteiger charge is -2.38. The van der Waals surface area contributed by atoms with Crippen LogP contribution in [-0.2, 0) is 13.7 Å². The Bertz CT molecular complexity index is 1050. The molecule has 3 heterocycles. The van der Waals surface area contributed by atoms with Crippen LogP contribution in [0.5, 0.6) is 5.75 Å². The Morgan fingerprint density at radius 2 is 1.86 bits per heavy atom. The van der Waals surface area contributed by atoms with Gasteiger partial charge >= 0.3 is 7.12 Å². The van der Waals surface area contributed by atoms with E-state index in [9.17, 15) is 0 Å². The fourth-order valence-electron chi connectivity index (χ4n) is 3.98. The highest BCUT2D eigenvalue weighted by Gasteiger charge is 2.53. The molecule has 1 aromatic rings. The van der Waals surface area contributed by atoms with Gasteiger partial charge in [0.25, 0.3) is 0 Å². The molecule has 4 rings (SSSR count). The minimum absolute atomic E-state index is 0.0566. The first-order valence-corrected chi connectivity index (χ1v) is 15.6. The lowest BCUT2D eigenvalue weighted by molar-refractivity contribution is 0.00578. The number of halogens is 1. The Kier molecular flexibility index (Phi) is 6.67. The zero-order valence-electron chi connectivity index (χ0n) is 22.7. The summed E-state index contributed by atoms with van der Waals surface area (Å²) in [5.74, 6) is 1.48. The van der Waals surface area contributed by atoms with Crippen molar-refractivity contribution in [3.05, 3.63) is 29.1 Å². The van der Waals surface area contributed by atoms with Gasteiger partial charge in [-0.25, -0.2) is 4.99 Å². The standard InChI is InChI=1S/C25H39BClN3O4Si/c1-16(14-32-35(9,10)23(2,3)4)30-11-12-31-18-13-17(26-33-24(5,6)25(7,8)34-26)20(27)21-19(18)22(30)29-15-28-21/h11-13,16,28H,14-15H2,1-10H3. The molecule has 7 nitrogen and oxygen atoms in total. The maximum Gasteiger partial charge on any atom is 0.496 e. The predicted molar refractivity (Wildman–Crippen MR) is 146 cm³/mol. The monoisotopic (exact) mass is 519 g/mol. The number of anilines is 1. The summed E-state index contributed by atoms with van der Waals surface area (Å²) in [6, 6.07) is 1.97. The van der Waals surface area contributed by atoms with Crippen molar-refractivity contribution in [1.82, 2.24) is 4.90 Å². The first-order valence-electron chi connectivity index (χ1n) is 12.3. The molecule has 0 saturated carbocycles. The topological polar surface area (TPSA) is 64.5 Å². The molecule has 3 aliphatic heterocycles. The molecule has 1 aromatic carbocycles. The molecule has 192 valence electrons. The van der Waals surface area contributed by atoms with Gasteiger partial charge in [0.2, 0.25) is 0 Å². The summed E-state index contributed by atoms with van der Waals surface area (Å²) in [5.41, 5.74) is 1.42. The number of aliphatic imine (C=N–C) groups is 1. The zero-order valence-corrected chi connectivity index (χ0v) is 24.5. The van der Waals surface area contributed by atoms with E-state index in [1.54, 1.807) is 6.26 Å². The van der Waals surface area contributed by atoms with Crippen molar-refractivity contribution in [3.8, 4) is 5.75 Å². The SMILES string of the molecule is CC(CO[Si](C)(C)C(C)(C)C)N1C=COc2cc(B3OC(C)(C)C(C)(C)O3)c(Cl)c3c2C1=NCN3. The van der Waals surface area contributed by atoms with Gasteiger partial charge in [0.05, 0.1) is 40.1 Å². The highest BCUT2D eigenvalue weighted by Crippen LogP contribution is 2.42. The minimum atomic E-state index is -1.88. The Morgan fingerprint density at radius 3 is 2.46 bits per heavy atom. The van der Waals surface area contributed by atoms with Crippen molar-refractivity contribution in [2.75, 3.05) is 18.6 Å². The van der Waals surface area contributed by atoms with Crippen molar-refractivity contribution in [2.24, 2.45) is 4.99 Å². The molecule has 0 amide bonds. The average Bonchev–Trinajstić information content (AvgIpc) is 2.87. The van der Waals surface area contributed by atoms with Gasteiger partial charge in [0.1, 0.15) is 24.5 Å². The third-order valence-corrected chi connectivity index (χ3v) is 13.0. The number of ether oxygens (including phenoxy) is 1. The number of nitrogens with zero attached hydrogens (tertiary/aromatic N) is 2. The molecule has 1 saturated heterocycles. The van der Waals surface area contributed by atoms with E-state index in [0.29, 0.717) is 24.0 Å². The lowest BCUT2D eigenvalue weighted by Crippen LogP contribution is -2.46. The molecule has 1 atom stereocenters. The van der Waals surface area contributed by atoms with E-state index in [0.717, 1.165) is 22.5 Å². The molecule has 0 aromatic heterocycles. The molecule has 0 aliphatic carbocycles. The largest absolute Gasteiger partial charge is 0.496 e. The fourth-order valence-corrected chi connectivity index (χ4v) is 5.38. The lowest BCUT2D eigenvalue weighted by atomic mass is 9.77. The van der Waals surface area contributed by atoms with E-state index in [-0.39, 0.29) is 11.1 Å². The molecule has 1 fully saturated rings. The first-order chi connectivity index (χ1) is 16.1. The van der Waals surface area contributed by atoms with Crippen LogP contribution < -0.4 is 15.5 Å². The van der Waals surface area contributed by atoms with Crippen LogP contribution in [0.25, 0.3) is 0 Å². The Balaban J connectivity index is 1.66. The second-order valence-electron chi connectivity index (χ2n) is 12.2. The maximum absolute atomic E-state index is 6.97. The van der Waals surface area contributed by atoms with Crippen LogP contribution in [0.15, 0.2) is 23.5 Å². The summed E-state index contributed by atoms with van der Waals surface area (Å²) in [5, 5.41) is 4.06. The highest BCUT2D eigenvalue weighted by atomic mass is 35.5. The summed E-state index contributed by atoms with van der Waals surface area (Å²) >= 11 is 6.97. The summed E-state index contributed by atoms with van der Waals surface area (Å²) in [6.45, 7) is 22.6. The van der Waals surface area contributed by atoms with Gasteiger partial charge in [0, 0.05) is 11.7 Å². The number of amidine groups is 1. The smallest absolute Gasteiger partial charge is 0.463 e. The van der Waals surface area contributed by atoms with Crippen LogP contribution in [0.2, 0.25) is 23.2 Å². The third-order valence-electron chi connectivity index (χ3n) is 8.10. The van der Waals surface area contributed by atoms with Gasteiger partial charge in [-0.15, -0.1) is 0 Å². The summed E-state index contributed by atoms with van der Waals surface area (Å²) in [4.78, 5) is 6.93. The van der Waals surface area contributed by atoms with E-state index in [2.05, 4.69) is 51.0 Å². The van der Waals surface area contributed by atoms with Gasteiger partial charge < -0.3 is 28.7 Å². The fraction of sp³-hybridized carbons (Fsp3) is 0.640. The van der Waals surface area contributed by atoms with Gasteiger partial charge in [-0.3, -0.25) is 0 Å². The van der Waals surface area contributed by atoms with E-state index in [1.165, 1.54) is 0 Å². The number of rotatable bonds is 5. The molecular weight excluding hydrogens is 481 g/mol. The number of benzene rings is 1. The van der Waals surface area contributed by atoms with Crippen LogP contribution >= 0.6 is 11.6 Å². The van der Waals surface area contributed by atoms with Crippen LogP contribution in [-0.4, -0.2) is 56.7 Å². The molecular formula is C25H39BClN3O4Si. The Labute approximate surface area is 216 Å². The zero-order chi connectivity index (χ0) is 26.0. The van der Waals surface area contributed by atoms with Crippen molar-refractivity contribution >= 4 is 44.0 Å². The summed E-state index contributed by atoms with van der Waals surface area (Å²) in [7, 11) is -2.48. The van der Waals surface area contributed by atoms with Crippen molar-refractivity contribution in [2.45, 2.75) is 90.8 Å². The van der Waals surface area contributed by atoms with Gasteiger partial charge in [0.15, 0.2) is 8.32 Å². The number of nitrogens with one attached hydrogen (secondary N) is 1. The summed E-state index contributed by atoms with van der Waals surface area (Å²) < 4.78 is 25.2. The average molecular weight is 520 g/mol. The van der Waals surface area contributed by atoms with Crippen molar-refractivity contribution in [3.63, 3.8) is 0 Å².